The van der Waals surface area contributed by atoms with Gasteiger partial charge in [0, 0.05) is 54.7 Å². The van der Waals surface area contributed by atoms with Crippen molar-refractivity contribution in [2.75, 3.05) is 0 Å². The van der Waals surface area contributed by atoms with Crippen molar-refractivity contribution in [2.45, 2.75) is 0 Å². The van der Waals surface area contributed by atoms with E-state index in [0.717, 1.165) is 77.0 Å². The van der Waals surface area contributed by atoms with Gasteiger partial charge in [-0.25, -0.2) is 15.0 Å². The average Bonchev–Trinajstić information content (AvgIpc) is 3.92. The van der Waals surface area contributed by atoms with E-state index in [0.29, 0.717) is 17.5 Å². The highest BCUT2D eigenvalue weighted by atomic mass is 16.3. The maximum absolute atomic E-state index is 6.54. The minimum absolute atomic E-state index is 0.568. The van der Waals surface area contributed by atoms with E-state index in [9.17, 15) is 0 Å². The third-order valence-electron chi connectivity index (χ3n) is 10.9. The van der Waals surface area contributed by atoms with Crippen LogP contribution in [0.15, 0.2) is 179 Å². The van der Waals surface area contributed by atoms with E-state index in [2.05, 4.69) is 138 Å². The SMILES string of the molecule is c1ccc2c(-c3nc(-c4ccc5c(c4)oc4ccc(-n6c7ccccc7c7ccccc76)cc45)nc(-c4ccc5oc6ccccc6c5c4)n3)cccc2c1. The molecular weight excluding hydrogens is 677 g/mol. The van der Waals surface area contributed by atoms with Crippen LogP contribution < -0.4 is 0 Å². The molecule has 0 saturated carbocycles. The van der Waals surface area contributed by atoms with E-state index >= 15 is 0 Å². The highest BCUT2D eigenvalue weighted by Gasteiger charge is 2.18. The van der Waals surface area contributed by atoms with E-state index < -0.39 is 0 Å². The number of rotatable bonds is 4. The number of aromatic nitrogens is 4. The minimum Gasteiger partial charge on any atom is -0.456 e. The molecule has 0 aliphatic heterocycles. The predicted octanol–water partition coefficient (Wildman–Crippen LogP) is 12.9. The molecule has 12 aromatic rings. The Hall–Kier alpha value is -7.57. The standard InChI is InChI=1S/C49H28N4O2/c1-2-12-33-29(10-1)11-9-16-38(33)49-51-47(30-21-24-44-39(26-30)36-15-5-8-19-43(36)54-44)50-48(52-49)31-20-23-37-40-28-32(22-25-45(40)55-46(37)27-31)53-41-17-6-3-13-34(41)35-14-4-7-18-42(35)53/h1-28H. The fraction of sp³-hybridized carbons (Fsp3) is 0. The molecule has 0 fully saturated rings. The number of nitrogens with zero attached hydrogens (tertiary/aromatic N) is 4. The Kier molecular flexibility index (Phi) is 6.24. The Morgan fingerprint density at radius 1 is 0.345 bits per heavy atom. The molecule has 0 aliphatic carbocycles. The monoisotopic (exact) mass is 704 g/mol. The van der Waals surface area contributed by atoms with Crippen LogP contribution in [0.3, 0.4) is 0 Å². The molecule has 0 spiro atoms. The zero-order valence-electron chi connectivity index (χ0n) is 29.3. The van der Waals surface area contributed by atoms with Crippen LogP contribution in [-0.4, -0.2) is 19.5 Å². The van der Waals surface area contributed by atoms with E-state index in [1.807, 2.05) is 36.4 Å². The highest BCUT2D eigenvalue weighted by molar-refractivity contribution is 6.11. The largest absolute Gasteiger partial charge is 0.456 e. The lowest BCUT2D eigenvalue weighted by Gasteiger charge is -2.10. The van der Waals surface area contributed by atoms with Crippen LogP contribution in [0.2, 0.25) is 0 Å². The molecule has 0 bridgehead atoms. The predicted molar refractivity (Wildman–Crippen MR) is 223 cm³/mol. The van der Waals surface area contributed by atoms with Gasteiger partial charge in [0.1, 0.15) is 22.3 Å². The molecule has 8 aromatic carbocycles. The lowest BCUT2D eigenvalue weighted by molar-refractivity contribution is 0.668. The van der Waals surface area contributed by atoms with Gasteiger partial charge in [-0.3, -0.25) is 0 Å². The summed E-state index contributed by atoms with van der Waals surface area (Å²) in [5.74, 6) is 1.76. The Labute approximate surface area is 313 Å². The number of benzene rings is 8. The Morgan fingerprint density at radius 3 is 1.69 bits per heavy atom. The number of furan rings is 2. The van der Waals surface area contributed by atoms with Gasteiger partial charge < -0.3 is 13.4 Å². The van der Waals surface area contributed by atoms with Gasteiger partial charge in [-0.2, -0.15) is 0 Å². The zero-order chi connectivity index (χ0) is 36.0. The van der Waals surface area contributed by atoms with Crippen LogP contribution in [0.25, 0.3) is 116 Å². The molecule has 0 aliphatic rings. The maximum Gasteiger partial charge on any atom is 0.164 e. The van der Waals surface area contributed by atoms with E-state index in [4.69, 9.17) is 23.8 Å². The van der Waals surface area contributed by atoms with Crippen LogP contribution in [-0.2, 0) is 0 Å². The Balaban J connectivity index is 1.03. The topological polar surface area (TPSA) is 69.9 Å². The fourth-order valence-electron chi connectivity index (χ4n) is 8.28. The smallest absolute Gasteiger partial charge is 0.164 e. The van der Waals surface area contributed by atoms with E-state index in [1.54, 1.807) is 0 Å². The molecule has 6 nitrogen and oxygen atoms in total. The van der Waals surface area contributed by atoms with Crippen LogP contribution in [0, 0.1) is 0 Å². The molecule has 0 radical (unpaired) electrons. The van der Waals surface area contributed by atoms with Crippen molar-refractivity contribution >= 4 is 76.5 Å². The van der Waals surface area contributed by atoms with E-state index in [1.165, 1.54) is 21.8 Å². The first-order valence-corrected chi connectivity index (χ1v) is 18.3. The molecule has 6 heteroatoms. The summed E-state index contributed by atoms with van der Waals surface area (Å²) >= 11 is 0. The first kappa shape index (κ1) is 29.9. The van der Waals surface area contributed by atoms with Crippen molar-refractivity contribution < 1.29 is 8.83 Å². The Morgan fingerprint density at radius 2 is 0.891 bits per heavy atom. The van der Waals surface area contributed by atoms with Gasteiger partial charge in [0.2, 0.25) is 0 Å². The lowest BCUT2D eigenvalue weighted by Crippen LogP contribution is -2.00. The second-order valence-corrected chi connectivity index (χ2v) is 14.0. The van der Waals surface area contributed by atoms with Crippen molar-refractivity contribution in [2.24, 2.45) is 0 Å². The van der Waals surface area contributed by atoms with Gasteiger partial charge in [0.25, 0.3) is 0 Å². The summed E-state index contributed by atoms with van der Waals surface area (Å²) < 4.78 is 15.0. The molecule has 4 heterocycles. The summed E-state index contributed by atoms with van der Waals surface area (Å²) in [5, 5.41) is 8.83. The zero-order valence-corrected chi connectivity index (χ0v) is 29.3. The summed E-state index contributed by atoms with van der Waals surface area (Å²) in [6.07, 6.45) is 0. The van der Waals surface area contributed by atoms with Gasteiger partial charge in [-0.1, -0.05) is 103 Å². The van der Waals surface area contributed by atoms with Crippen molar-refractivity contribution in [1.82, 2.24) is 19.5 Å². The lowest BCUT2D eigenvalue weighted by atomic mass is 10.0. The quantitative estimate of drug-likeness (QED) is 0.182. The Bertz CT molecular complexity index is 3460. The second kappa shape index (κ2) is 11.5. The van der Waals surface area contributed by atoms with Crippen LogP contribution in [0.5, 0.6) is 0 Å². The maximum atomic E-state index is 6.54. The number of fused-ring (bicyclic) bond motifs is 10. The summed E-state index contributed by atoms with van der Waals surface area (Å²) in [6.45, 7) is 0. The molecule has 4 aromatic heterocycles. The van der Waals surface area contributed by atoms with Crippen LogP contribution in [0.1, 0.15) is 0 Å². The molecule has 0 N–H and O–H groups in total. The molecule has 0 unspecified atom stereocenters. The van der Waals surface area contributed by atoms with Crippen molar-refractivity contribution in [3.05, 3.63) is 170 Å². The fourth-order valence-corrected chi connectivity index (χ4v) is 8.28. The van der Waals surface area contributed by atoms with Crippen LogP contribution in [0.4, 0.5) is 0 Å². The first-order valence-electron chi connectivity index (χ1n) is 18.3. The van der Waals surface area contributed by atoms with E-state index in [-0.39, 0.29) is 0 Å². The van der Waals surface area contributed by atoms with Gasteiger partial charge in [-0.05, 0) is 77.5 Å². The normalized spacial score (nSPS) is 12.0. The van der Waals surface area contributed by atoms with Gasteiger partial charge in [0.05, 0.1) is 11.0 Å². The molecule has 0 saturated heterocycles. The number of hydrogen-bond donors (Lipinski definition) is 0. The summed E-state index contributed by atoms with van der Waals surface area (Å²) in [6, 6.07) is 58.7. The van der Waals surface area contributed by atoms with Gasteiger partial charge in [0.15, 0.2) is 17.5 Å². The van der Waals surface area contributed by atoms with Crippen LogP contribution >= 0.6 is 0 Å². The molecule has 0 atom stereocenters. The third-order valence-corrected chi connectivity index (χ3v) is 10.9. The minimum atomic E-state index is 0.568. The third kappa shape index (κ3) is 4.58. The number of para-hydroxylation sites is 3. The summed E-state index contributed by atoms with van der Waals surface area (Å²) in [5.41, 5.74) is 9.37. The van der Waals surface area contributed by atoms with Crippen molar-refractivity contribution in [3.8, 4) is 39.9 Å². The first-order chi connectivity index (χ1) is 27.2. The second-order valence-electron chi connectivity index (χ2n) is 14.0. The molecule has 12 rings (SSSR count). The highest BCUT2D eigenvalue weighted by Crippen LogP contribution is 2.38. The van der Waals surface area contributed by atoms with Gasteiger partial charge >= 0.3 is 0 Å². The molecule has 0 amide bonds. The molecular formula is C49H28N4O2. The summed E-state index contributed by atoms with van der Waals surface area (Å²) in [4.78, 5) is 15.4. The number of hydrogen-bond acceptors (Lipinski definition) is 5. The molecule has 256 valence electrons. The van der Waals surface area contributed by atoms with Gasteiger partial charge in [-0.15, -0.1) is 0 Å². The average molecular weight is 705 g/mol. The summed E-state index contributed by atoms with van der Waals surface area (Å²) in [7, 11) is 0. The molecule has 55 heavy (non-hydrogen) atoms. The van der Waals surface area contributed by atoms with Crippen molar-refractivity contribution in [3.63, 3.8) is 0 Å². The van der Waals surface area contributed by atoms with Crippen molar-refractivity contribution in [1.29, 1.82) is 0 Å².